The highest BCUT2D eigenvalue weighted by molar-refractivity contribution is 5.32. The molecule has 0 bridgehead atoms. The fraction of sp³-hybridized carbons (Fsp3) is 0.684. The van der Waals surface area contributed by atoms with Crippen molar-refractivity contribution in [2.45, 2.75) is 60.3 Å². The molecule has 20 heavy (non-hydrogen) atoms. The van der Waals surface area contributed by atoms with Crippen molar-refractivity contribution in [3.8, 4) is 0 Å². The molecular weight excluding hydrogens is 242 g/mol. The van der Waals surface area contributed by atoms with Gasteiger partial charge >= 0.3 is 0 Å². The van der Waals surface area contributed by atoms with Gasteiger partial charge in [0, 0.05) is 6.54 Å². The van der Waals surface area contributed by atoms with Gasteiger partial charge in [0.1, 0.15) is 0 Å². The molecule has 0 saturated carbocycles. The smallest absolute Gasteiger partial charge is 0.00229 e. The molecule has 1 aromatic carbocycles. The fourth-order valence-corrected chi connectivity index (χ4v) is 2.94. The summed E-state index contributed by atoms with van der Waals surface area (Å²) in [4.78, 5) is 0. The van der Waals surface area contributed by atoms with Crippen LogP contribution >= 0.6 is 0 Å². The van der Waals surface area contributed by atoms with Crippen LogP contribution < -0.4 is 5.32 Å². The third-order valence-electron chi connectivity index (χ3n) is 4.49. The average Bonchev–Trinajstić information content (AvgIpc) is 2.41. The van der Waals surface area contributed by atoms with Crippen molar-refractivity contribution >= 4 is 0 Å². The summed E-state index contributed by atoms with van der Waals surface area (Å²) in [5, 5.41) is 3.67. The zero-order chi connectivity index (χ0) is 15.1. The van der Waals surface area contributed by atoms with Crippen LogP contribution in [0.3, 0.4) is 0 Å². The summed E-state index contributed by atoms with van der Waals surface area (Å²) in [6.07, 6.45) is 2.52. The van der Waals surface area contributed by atoms with Crippen LogP contribution in [0.2, 0.25) is 0 Å². The molecule has 1 N–H and O–H groups in total. The van der Waals surface area contributed by atoms with Crippen LogP contribution in [0.5, 0.6) is 0 Å². The number of aryl methyl sites for hydroxylation is 2. The minimum Gasteiger partial charge on any atom is -0.316 e. The van der Waals surface area contributed by atoms with Gasteiger partial charge in [0.05, 0.1) is 0 Å². The Kier molecular flexibility index (Phi) is 7.29. The Balaban J connectivity index is 2.87. The standard InChI is InChI=1S/C19H33N/c1-7-17(8-2)19(13-20-12-14(3)4)18-10-9-15(5)16(6)11-18/h9-11,14,17,19-20H,7-8,12-13H2,1-6H3. The van der Waals surface area contributed by atoms with Gasteiger partial charge < -0.3 is 5.32 Å². The Morgan fingerprint density at radius 2 is 1.60 bits per heavy atom. The number of nitrogens with one attached hydrogen (secondary N) is 1. The first kappa shape index (κ1) is 17.2. The van der Waals surface area contributed by atoms with Crippen molar-refractivity contribution in [3.63, 3.8) is 0 Å². The van der Waals surface area contributed by atoms with E-state index in [-0.39, 0.29) is 0 Å². The largest absolute Gasteiger partial charge is 0.316 e. The summed E-state index contributed by atoms with van der Waals surface area (Å²) in [5.41, 5.74) is 4.33. The Hall–Kier alpha value is -0.820. The van der Waals surface area contributed by atoms with Crippen molar-refractivity contribution in [1.82, 2.24) is 5.32 Å². The van der Waals surface area contributed by atoms with Gasteiger partial charge in [0.25, 0.3) is 0 Å². The molecule has 0 amide bonds. The van der Waals surface area contributed by atoms with Gasteiger partial charge in [-0.2, -0.15) is 0 Å². The first-order valence-electron chi connectivity index (χ1n) is 8.27. The highest BCUT2D eigenvalue weighted by Gasteiger charge is 2.20. The van der Waals surface area contributed by atoms with Crippen molar-refractivity contribution in [2.75, 3.05) is 13.1 Å². The Bertz CT molecular complexity index is 391. The maximum absolute atomic E-state index is 3.67. The number of hydrogen-bond acceptors (Lipinski definition) is 1. The Labute approximate surface area is 126 Å². The van der Waals surface area contributed by atoms with E-state index in [1.165, 1.54) is 29.5 Å². The molecule has 1 atom stereocenters. The second kappa shape index (κ2) is 8.46. The predicted molar refractivity (Wildman–Crippen MR) is 90.4 cm³/mol. The minimum atomic E-state index is 0.642. The molecule has 1 nitrogen and oxygen atoms in total. The van der Waals surface area contributed by atoms with E-state index >= 15 is 0 Å². The molecule has 0 heterocycles. The number of benzene rings is 1. The molecule has 0 radical (unpaired) electrons. The third-order valence-corrected chi connectivity index (χ3v) is 4.49. The van der Waals surface area contributed by atoms with Gasteiger partial charge in [0.2, 0.25) is 0 Å². The van der Waals surface area contributed by atoms with Crippen molar-refractivity contribution in [3.05, 3.63) is 34.9 Å². The minimum absolute atomic E-state index is 0.642. The molecule has 1 aromatic rings. The van der Waals surface area contributed by atoms with Gasteiger partial charge in [-0.25, -0.2) is 0 Å². The first-order valence-corrected chi connectivity index (χ1v) is 8.27. The number of hydrogen-bond donors (Lipinski definition) is 1. The Morgan fingerprint density at radius 1 is 0.950 bits per heavy atom. The lowest BCUT2D eigenvalue weighted by Crippen LogP contribution is -2.29. The van der Waals surface area contributed by atoms with Gasteiger partial charge in [-0.3, -0.25) is 0 Å². The fourth-order valence-electron chi connectivity index (χ4n) is 2.94. The van der Waals surface area contributed by atoms with E-state index in [1.54, 1.807) is 0 Å². The second-order valence-electron chi connectivity index (χ2n) is 6.58. The molecule has 0 aliphatic carbocycles. The Morgan fingerprint density at radius 3 is 2.10 bits per heavy atom. The van der Waals surface area contributed by atoms with Crippen LogP contribution in [0.4, 0.5) is 0 Å². The molecule has 0 saturated heterocycles. The molecule has 0 aromatic heterocycles. The quantitative estimate of drug-likeness (QED) is 0.698. The van der Waals surface area contributed by atoms with Crippen LogP contribution in [-0.2, 0) is 0 Å². The lowest BCUT2D eigenvalue weighted by Gasteiger charge is -2.27. The molecule has 0 fully saturated rings. The zero-order valence-electron chi connectivity index (χ0n) is 14.3. The maximum Gasteiger partial charge on any atom is 0.00229 e. The van der Waals surface area contributed by atoms with Gasteiger partial charge in [-0.05, 0) is 54.8 Å². The van der Waals surface area contributed by atoms with Crippen LogP contribution in [-0.4, -0.2) is 13.1 Å². The normalized spacial score (nSPS) is 13.2. The lowest BCUT2D eigenvalue weighted by atomic mass is 9.81. The summed E-state index contributed by atoms with van der Waals surface area (Å²) in [5.74, 6) is 2.14. The lowest BCUT2D eigenvalue weighted by molar-refractivity contribution is 0.372. The number of rotatable bonds is 8. The van der Waals surface area contributed by atoms with Crippen LogP contribution in [0, 0.1) is 25.7 Å². The summed E-state index contributed by atoms with van der Waals surface area (Å²) in [6.45, 7) is 15.8. The highest BCUT2D eigenvalue weighted by Crippen LogP contribution is 2.30. The van der Waals surface area contributed by atoms with Crippen LogP contribution in [0.25, 0.3) is 0 Å². The summed E-state index contributed by atoms with van der Waals surface area (Å²) >= 11 is 0. The van der Waals surface area contributed by atoms with Crippen molar-refractivity contribution in [2.24, 2.45) is 11.8 Å². The zero-order valence-corrected chi connectivity index (χ0v) is 14.3. The van der Waals surface area contributed by atoms with E-state index in [4.69, 9.17) is 0 Å². The van der Waals surface area contributed by atoms with Crippen molar-refractivity contribution in [1.29, 1.82) is 0 Å². The molecule has 1 heteroatoms. The molecule has 0 spiro atoms. The first-order chi connectivity index (χ1) is 9.49. The van der Waals surface area contributed by atoms with E-state index in [1.807, 2.05) is 0 Å². The molecular formula is C19H33N. The SMILES string of the molecule is CCC(CC)C(CNCC(C)C)c1ccc(C)c(C)c1. The van der Waals surface area contributed by atoms with E-state index in [2.05, 4.69) is 65.1 Å². The van der Waals surface area contributed by atoms with E-state index < -0.39 is 0 Å². The van der Waals surface area contributed by atoms with E-state index in [0.717, 1.165) is 24.9 Å². The van der Waals surface area contributed by atoms with Gasteiger partial charge in [0.15, 0.2) is 0 Å². The van der Waals surface area contributed by atoms with Gasteiger partial charge in [-0.15, -0.1) is 0 Å². The summed E-state index contributed by atoms with van der Waals surface area (Å²) in [6, 6.07) is 7.01. The predicted octanol–water partition coefficient (Wildman–Crippen LogP) is 5.07. The second-order valence-corrected chi connectivity index (χ2v) is 6.58. The van der Waals surface area contributed by atoms with Crippen molar-refractivity contribution < 1.29 is 0 Å². The topological polar surface area (TPSA) is 12.0 Å². The molecule has 0 aliphatic rings. The summed E-state index contributed by atoms with van der Waals surface area (Å²) < 4.78 is 0. The molecule has 1 unspecified atom stereocenters. The maximum atomic E-state index is 3.67. The molecule has 114 valence electrons. The van der Waals surface area contributed by atoms with E-state index in [9.17, 15) is 0 Å². The van der Waals surface area contributed by atoms with Gasteiger partial charge in [-0.1, -0.05) is 58.7 Å². The highest BCUT2D eigenvalue weighted by atomic mass is 14.9. The van der Waals surface area contributed by atoms with Crippen LogP contribution in [0.15, 0.2) is 18.2 Å². The summed E-state index contributed by atoms with van der Waals surface area (Å²) in [7, 11) is 0. The molecule has 0 aliphatic heterocycles. The van der Waals surface area contributed by atoms with E-state index in [0.29, 0.717) is 5.92 Å². The molecule has 1 rings (SSSR count). The monoisotopic (exact) mass is 275 g/mol. The van der Waals surface area contributed by atoms with Crippen LogP contribution in [0.1, 0.15) is 63.1 Å². The third kappa shape index (κ3) is 4.94. The average molecular weight is 275 g/mol.